The Hall–Kier alpha value is -2.28. The summed E-state index contributed by atoms with van der Waals surface area (Å²) >= 11 is 1.46. The van der Waals surface area contributed by atoms with Crippen LogP contribution in [0.1, 0.15) is 23.1 Å². The minimum absolute atomic E-state index is 0.129. The third-order valence-corrected chi connectivity index (χ3v) is 3.62. The molecule has 1 unspecified atom stereocenters. The molecule has 7 heteroatoms. The van der Waals surface area contributed by atoms with Crippen molar-refractivity contribution in [3.05, 3.63) is 46.5 Å². The van der Waals surface area contributed by atoms with Gasteiger partial charge in [-0.2, -0.15) is 0 Å². The van der Waals surface area contributed by atoms with Gasteiger partial charge in [0.2, 0.25) is 5.91 Å². The zero-order valence-electron chi connectivity index (χ0n) is 10.7. The molecule has 0 aliphatic carbocycles. The number of hydrogen-bond donors (Lipinski definition) is 3. The van der Waals surface area contributed by atoms with E-state index in [0.717, 1.165) is 4.88 Å². The van der Waals surface area contributed by atoms with E-state index in [1.54, 1.807) is 18.4 Å². The molecule has 20 heavy (non-hydrogen) atoms. The van der Waals surface area contributed by atoms with Crippen LogP contribution in [0.25, 0.3) is 0 Å². The molecule has 6 nitrogen and oxygen atoms in total. The van der Waals surface area contributed by atoms with Gasteiger partial charge in [0.25, 0.3) is 0 Å². The van der Waals surface area contributed by atoms with E-state index < -0.39 is 12.1 Å². The summed E-state index contributed by atoms with van der Waals surface area (Å²) in [5.41, 5.74) is 5.13. The fourth-order valence-electron chi connectivity index (χ4n) is 1.74. The molecule has 0 aliphatic heterocycles. The highest BCUT2D eigenvalue weighted by Crippen LogP contribution is 2.21. The number of amides is 3. The van der Waals surface area contributed by atoms with Gasteiger partial charge in [-0.05, 0) is 23.6 Å². The van der Waals surface area contributed by atoms with Crippen molar-refractivity contribution in [1.29, 1.82) is 0 Å². The highest BCUT2D eigenvalue weighted by molar-refractivity contribution is 7.10. The fourth-order valence-corrected chi connectivity index (χ4v) is 2.52. The van der Waals surface area contributed by atoms with E-state index in [-0.39, 0.29) is 12.3 Å². The molecule has 0 radical (unpaired) electrons. The SMILES string of the molecule is NC(=O)NC(CC(=O)NCc1ccco1)c1cccs1. The predicted octanol–water partition coefficient (Wildman–Crippen LogP) is 1.76. The Labute approximate surface area is 120 Å². The molecule has 2 heterocycles. The van der Waals surface area contributed by atoms with E-state index in [1.807, 2.05) is 17.5 Å². The van der Waals surface area contributed by atoms with Gasteiger partial charge < -0.3 is 20.8 Å². The third kappa shape index (κ3) is 4.13. The molecule has 2 aromatic heterocycles. The van der Waals surface area contributed by atoms with Crippen LogP contribution in [0, 0.1) is 0 Å². The second kappa shape index (κ2) is 6.76. The van der Waals surface area contributed by atoms with Crippen molar-refractivity contribution in [2.75, 3.05) is 0 Å². The zero-order chi connectivity index (χ0) is 14.4. The lowest BCUT2D eigenvalue weighted by Gasteiger charge is -2.15. The molecule has 4 N–H and O–H groups in total. The number of urea groups is 1. The Morgan fingerprint density at radius 3 is 2.80 bits per heavy atom. The Morgan fingerprint density at radius 2 is 2.20 bits per heavy atom. The maximum Gasteiger partial charge on any atom is 0.312 e. The molecule has 106 valence electrons. The molecule has 0 saturated carbocycles. The van der Waals surface area contributed by atoms with E-state index >= 15 is 0 Å². The first-order chi connectivity index (χ1) is 9.65. The van der Waals surface area contributed by atoms with Gasteiger partial charge in [-0.15, -0.1) is 11.3 Å². The molecule has 3 amide bonds. The van der Waals surface area contributed by atoms with Gasteiger partial charge in [-0.1, -0.05) is 6.07 Å². The van der Waals surface area contributed by atoms with Crippen molar-refractivity contribution in [3.63, 3.8) is 0 Å². The molecular weight excluding hydrogens is 278 g/mol. The van der Waals surface area contributed by atoms with Crippen LogP contribution in [-0.2, 0) is 11.3 Å². The first-order valence-corrected chi connectivity index (χ1v) is 6.91. The Balaban J connectivity index is 1.90. The summed E-state index contributed by atoms with van der Waals surface area (Å²) in [4.78, 5) is 23.8. The largest absolute Gasteiger partial charge is 0.467 e. The molecule has 0 aliphatic rings. The lowest BCUT2D eigenvalue weighted by atomic mass is 10.1. The summed E-state index contributed by atoms with van der Waals surface area (Å²) in [6, 6.07) is 6.18. The van der Waals surface area contributed by atoms with Crippen molar-refractivity contribution in [3.8, 4) is 0 Å². The summed E-state index contributed by atoms with van der Waals surface area (Å²) in [7, 11) is 0. The number of carbonyl (C=O) groups excluding carboxylic acids is 2. The molecule has 1 atom stereocenters. The Morgan fingerprint density at radius 1 is 1.35 bits per heavy atom. The summed E-state index contributed by atoms with van der Waals surface area (Å²) < 4.78 is 5.12. The van der Waals surface area contributed by atoms with Gasteiger partial charge in [0.1, 0.15) is 5.76 Å². The minimum Gasteiger partial charge on any atom is -0.467 e. The average molecular weight is 293 g/mol. The Kier molecular flexibility index (Phi) is 4.78. The molecule has 2 aromatic rings. The number of nitrogens with two attached hydrogens (primary N) is 1. The van der Waals surface area contributed by atoms with Gasteiger partial charge in [0.15, 0.2) is 0 Å². The van der Waals surface area contributed by atoms with Crippen LogP contribution in [-0.4, -0.2) is 11.9 Å². The van der Waals surface area contributed by atoms with Gasteiger partial charge in [0, 0.05) is 4.88 Å². The van der Waals surface area contributed by atoms with E-state index in [2.05, 4.69) is 10.6 Å². The molecule has 0 saturated heterocycles. The molecule has 2 rings (SSSR count). The second-order valence-electron chi connectivity index (χ2n) is 4.14. The van der Waals surface area contributed by atoms with Gasteiger partial charge >= 0.3 is 6.03 Å². The topological polar surface area (TPSA) is 97.4 Å². The van der Waals surface area contributed by atoms with E-state index in [1.165, 1.54) is 11.3 Å². The number of furan rings is 1. The predicted molar refractivity (Wildman–Crippen MR) is 75.0 cm³/mol. The van der Waals surface area contributed by atoms with Crippen LogP contribution >= 0.6 is 11.3 Å². The summed E-state index contributed by atoms with van der Waals surface area (Å²) in [6.07, 6.45) is 1.68. The molecule has 0 aromatic carbocycles. The summed E-state index contributed by atoms with van der Waals surface area (Å²) in [5.74, 6) is 0.488. The van der Waals surface area contributed by atoms with Crippen LogP contribution in [0.2, 0.25) is 0 Å². The summed E-state index contributed by atoms with van der Waals surface area (Å²) in [5, 5.41) is 7.18. The van der Waals surface area contributed by atoms with Crippen molar-refractivity contribution >= 4 is 23.3 Å². The minimum atomic E-state index is -0.651. The van der Waals surface area contributed by atoms with E-state index in [0.29, 0.717) is 12.3 Å². The standard InChI is InChI=1S/C13H15N3O3S/c14-13(18)16-10(11-4-2-6-20-11)7-12(17)15-8-9-3-1-5-19-9/h1-6,10H,7-8H2,(H,15,17)(H3,14,16,18). The molecule has 0 bridgehead atoms. The highest BCUT2D eigenvalue weighted by atomic mass is 32.1. The van der Waals surface area contributed by atoms with Crippen molar-refractivity contribution in [2.24, 2.45) is 5.73 Å². The normalized spacial score (nSPS) is 11.8. The van der Waals surface area contributed by atoms with Crippen molar-refractivity contribution in [1.82, 2.24) is 10.6 Å². The fraction of sp³-hybridized carbons (Fsp3) is 0.231. The third-order valence-electron chi connectivity index (χ3n) is 2.63. The maximum absolute atomic E-state index is 11.9. The number of nitrogens with one attached hydrogen (secondary N) is 2. The van der Waals surface area contributed by atoms with Crippen LogP contribution in [0.4, 0.5) is 4.79 Å². The average Bonchev–Trinajstić information content (AvgIpc) is 3.08. The van der Waals surface area contributed by atoms with Crippen LogP contribution in [0.15, 0.2) is 40.3 Å². The molecule has 0 fully saturated rings. The van der Waals surface area contributed by atoms with E-state index in [9.17, 15) is 9.59 Å². The number of primary amides is 1. The smallest absolute Gasteiger partial charge is 0.312 e. The first kappa shape index (κ1) is 14.1. The number of hydrogen-bond acceptors (Lipinski definition) is 4. The van der Waals surface area contributed by atoms with Crippen molar-refractivity contribution in [2.45, 2.75) is 19.0 Å². The molecular formula is C13H15N3O3S. The first-order valence-electron chi connectivity index (χ1n) is 6.03. The number of rotatable bonds is 6. The second-order valence-corrected chi connectivity index (χ2v) is 5.12. The monoisotopic (exact) mass is 293 g/mol. The maximum atomic E-state index is 11.9. The van der Waals surface area contributed by atoms with Crippen molar-refractivity contribution < 1.29 is 14.0 Å². The number of carbonyl (C=O) groups is 2. The highest BCUT2D eigenvalue weighted by Gasteiger charge is 2.18. The zero-order valence-corrected chi connectivity index (χ0v) is 11.5. The molecule has 0 spiro atoms. The summed E-state index contributed by atoms with van der Waals surface area (Å²) in [6.45, 7) is 0.319. The van der Waals surface area contributed by atoms with Gasteiger partial charge in [-0.25, -0.2) is 4.79 Å². The van der Waals surface area contributed by atoms with Gasteiger partial charge in [-0.3, -0.25) is 4.79 Å². The van der Waals surface area contributed by atoms with Gasteiger partial charge in [0.05, 0.1) is 25.3 Å². The lowest BCUT2D eigenvalue weighted by molar-refractivity contribution is -0.121. The number of thiophene rings is 1. The van der Waals surface area contributed by atoms with Crippen LogP contribution in [0.3, 0.4) is 0 Å². The quantitative estimate of drug-likeness (QED) is 0.757. The Bertz CT molecular complexity index is 551. The lowest BCUT2D eigenvalue weighted by Crippen LogP contribution is -2.36. The van der Waals surface area contributed by atoms with Crippen LogP contribution in [0.5, 0.6) is 0 Å². The van der Waals surface area contributed by atoms with Crippen LogP contribution < -0.4 is 16.4 Å². The van der Waals surface area contributed by atoms with E-state index in [4.69, 9.17) is 10.2 Å².